The van der Waals surface area contributed by atoms with Gasteiger partial charge in [-0.2, -0.15) is 5.10 Å². The number of nitrogens with zero attached hydrogens (tertiary/aromatic N) is 2. The van der Waals surface area contributed by atoms with Gasteiger partial charge in [-0.3, -0.25) is 4.68 Å². The summed E-state index contributed by atoms with van der Waals surface area (Å²) in [5.74, 6) is 0.267. The van der Waals surface area contributed by atoms with Gasteiger partial charge in [0.15, 0.2) is 0 Å². The summed E-state index contributed by atoms with van der Waals surface area (Å²) in [5, 5.41) is 6.74. The zero-order valence-electron chi connectivity index (χ0n) is 9.22. The Bertz CT molecular complexity index is 377. The minimum atomic E-state index is -0.490. The summed E-state index contributed by atoms with van der Waals surface area (Å²) in [6.07, 6.45) is 2.67. The molecule has 2 rings (SSSR count). The number of hydrogen-bond donors (Lipinski definition) is 2. The molecule has 1 fully saturated rings. The highest BCUT2D eigenvalue weighted by molar-refractivity contribution is 5.71. The number of aryl methyl sites for hydroxylation is 1. The Labute approximate surface area is 93.8 Å². The maximum Gasteiger partial charge on any atom is 0.312 e. The third-order valence-electron chi connectivity index (χ3n) is 2.90. The predicted octanol–water partition coefficient (Wildman–Crippen LogP) is 0.166. The Balaban J connectivity index is 2.03. The molecule has 1 saturated heterocycles. The molecule has 0 unspecified atom stereocenters. The first kappa shape index (κ1) is 10.9. The number of amides is 2. The summed E-state index contributed by atoms with van der Waals surface area (Å²) < 4.78 is 7.47. The molecule has 3 N–H and O–H groups in total. The number of hydrogen-bond acceptors (Lipinski definition) is 3. The zero-order chi connectivity index (χ0) is 11.5. The topological polar surface area (TPSA) is 82.2 Å². The van der Waals surface area contributed by atoms with Crippen molar-refractivity contribution < 1.29 is 9.53 Å². The number of nitrogens with one attached hydrogen (secondary N) is 1. The highest BCUT2D eigenvalue weighted by Crippen LogP contribution is 2.33. The minimum Gasteiger partial charge on any atom is -0.372 e. The van der Waals surface area contributed by atoms with Crippen molar-refractivity contribution in [2.45, 2.75) is 12.5 Å². The lowest BCUT2D eigenvalue weighted by molar-refractivity contribution is 0.0844. The van der Waals surface area contributed by atoms with E-state index in [1.807, 2.05) is 13.1 Å². The second-order valence-corrected chi connectivity index (χ2v) is 3.96. The number of primary amides is 1. The van der Waals surface area contributed by atoms with Gasteiger partial charge in [-0.15, -0.1) is 0 Å². The molecule has 2 atom stereocenters. The number of ether oxygens (including phenoxy) is 1. The summed E-state index contributed by atoms with van der Waals surface area (Å²) in [4.78, 5) is 10.7. The summed E-state index contributed by atoms with van der Waals surface area (Å²) in [5.41, 5.74) is 6.09. The molecule has 16 heavy (non-hydrogen) atoms. The molecular formula is C10H16N4O2. The van der Waals surface area contributed by atoms with Crippen LogP contribution in [0.25, 0.3) is 0 Å². The fourth-order valence-corrected chi connectivity index (χ4v) is 2.06. The van der Waals surface area contributed by atoms with Crippen molar-refractivity contribution >= 4 is 6.03 Å². The van der Waals surface area contributed by atoms with Crippen LogP contribution in [0.5, 0.6) is 0 Å². The SMILES string of the molecule is Cn1nccc1[C@@H]1OCC[C@H]1CNC(N)=O. The Morgan fingerprint density at radius 2 is 2.62 bits per heavy atom. The number of carbonyl (C=O) groups excluding carboxylic acids is 1. The van der Waals surface area contributed by atoms with Gasteiger partial charge in [0.05, 0.1) is 5.69 Å². The Morgan fingerprint density at radius 3 is 3.25 bits per heavy atom. The maximum absolute atomic E-state index is 10.7. The van der Waals surface area contributed by atoms with Crippen molar-refractivity contribution in [3.05, 3.63) is 18.0 Å². The Morgan fingerprint density at radius 1 is 1.81 bits per heavy atom. The molecule has 0 aliphatic carbocycles. The molecule has 0 spiro atoms. The van der Waals surface area contributed by atoms with Gasteiger partial charge < -0.3 is 15.8 Å². The van der Waals surface area contributed by atoms with E-state index in [0.717, 1.165) is 12.1 Å². The first-order chi connectivity index (χ1) is 7.68. The van der Waals surface area contributed by atoms with Crippen LogP contribution in [0, 0.1) is 5.92 Å². The zero-order valence-corrected chi connectivity index (χ0v) is 9.22. The fraction of sp³-hybridized carbons (Fsp3) is 0.600. The average Bonchev–Trinajstić information content (AvgIpc) is 2.82. The van der Waals surface area contributed by atoms with Crippen LogP contribution in [0.1, 0.15) is 18.2 Å². The van der Waals surface area contributed by atoms with Crippen molar-refractivity contribution in [3.8, 4) is 0 Å². The van der Waals surface area contributed by atoms with Gasteiger partial charge in [0, 0.05) is 32.3 Å². The lowest BCUT2D eigenvalue weighted by Crippen LogP contribution is -2.34. The van der Waals surface area contributed by atoms with Crippen LogP contribution in [-0.2, 0) is 11.8 Å². The monoisotopic (exact) mass is 224 g/mol. The molecule has 1 aromatic heterocycles. The van der Waals surface area contributed by atoms with Gasteiger partial charge in [-0.1, -0.05) is 0 Å². The molecule has 0 aromatic carbocycles. The number of aromatic nitrogens is 2. The van der Waals surface area contributed by atoms with Crippen molar-refractivity contribution in [2.24, 2.45) is 18.7 Å². The lowest BCUT2D eigenvalue weighted by atomic mass is 9.99. The van der Waals surface area contributed by atoms with Crippen molar-refractivity contribution in [1.29, 1.82) is 0 Å². The Hall–Kier alpha value is -1.56. The average molecular weight is 224 g/mol. The van der Waals surface area contributed by atoms with Crippen molar-refractivity contribution in [3.63, 3.8) is 0 Å². The van der Waals surface area contributed by atoms with Crippen LogP contribution in [-0.4, -0.2) is 29.0 Å². The molecule has 0 saturated carbocycles. The van der Waals surface area contributed by atoms with E-state index in [4.69, 9.17) is 10.5 Å². The summed E-state index contributed by atoms with van der Waals surface area (Å²) in [6.45, 7) is 1.26. The van der Waals surface area contributed by atoms with Crippen LogP contribution < -0.4 is 11.1 Å². The van der Waals surface area contributed by atoms with Crippen LogP contribution in [0.15, 0.2) is 12.3 Å². The van der Waals surface area contributed by atoms with E-state index < -0.39 is 6.03 Å². The predicted molar refractivity (Wildman–Crippen MR) is 57.6 cm³/mol. The van der Waals surface area contributed by atoms with Crippen LogP contribution >= 0.6 is 0 Å². The number of nitrogens with two attached hydrogens (primary N) is 1. The molecule has 88 valence electrons. The van der Waals surface area contributed by atoms with Gasteiger partial charge in [0.1, 0.15) is 6.10 Å². The van der Waals surface area contributed by atoms with Gasteiger partial charge in [0.2, 0.25) is 0 Å². The third kappa shape index (κ3) is 2.16. The second-order valence-electron chi connectivity index (χ2n) is 3.96. The number of carbonyl (C=O) groups is 1. The molecule has 1 aromatic rings. The van der Waals surface area contributed by atoms with E-state index in [1.165, 1.54) is 0 Å². The molecule has 1 aliphatic heterocycles. The molecule has 0 bridgehead atoms. The van der Waals surface area contributed by atoms with Gasteiger partial charge in [-0.25, -0.2) is 4.79 Å². The van der Waals surface area contributed by atoms with E-state index in [2.05, 4.69) is 10.4 Å². The first-order valence-electron chi connectivity index (χ1n) is 5.31. The second kappa shape index (κ2) is 4.52. The van der Waals surface area contributed by atoms with Gasteiger partial charge in [0.25, 0.3) is 0 Å². The molecule has 0 radical (unpaired) electrons. The highest BCUT2D eigenvalue weighted by atomic mass is 16.5. The van der Waals surface area contributed by atoms with E-state index in [1.54, 1.807) is 10.9 Å². The first-order valence-corrected chi connectivity index (χ1v) is 5.31. The molecule has 6 nitrogen and oxygen atoms in total. The maximum atomic E-state index is 10.7. The van der Waals surface area contributed by atoms with Crippen LogP contribution in [0.3, 0.4) is 0 Å². The molecule has 1 aliphatic rings. The summed E-state index contributed by atoms with van der Waals surface area (Å²) in [6, 6.07) is 1.45. The summed E-state index contributed by atoms with van der Waals surface area (Å²) in [7, 11) is 1.88. The summed E-state index contributed by atoms with van der Waals surface area (Å²) >= 11 is 0. The standard InChI is InChI=1S/C10H16N4O2/c1-14-8(2-4-13-14)9-7(3-5-16-9)6-12-10(11)15/h2,4,7,9H,3,5-6H2,1H3,(H3,11,12,15)/t7-,9+/m0/s1. The molecular weight excluding hydrogens is 208 g/mol. The number of rotatable bonds is 3. The minimum absolute atomic E-state index is 0.000602. The normalized spacial score (nSPS) is 24.6. The third-order valence-corrected chi connectivity index (χ3v) is 2.90. The Kier molecular flexibility index (Phi) is 3.09. The van der Waals surface area contributed by atoms with E-state index >= 15 is 0 Å². The fourth-order valence-electron chi connectivity index (χ4n) is 2.06. The van der Waals surface area contributed by atoms with Crippen LogP contribution in [0.2, 0.25) is 0 Å². The van der Waals surface area contributed by atoms with Gasteiger partial charge >= 0.3 is 6.03 Å². The smallest absolute Gasteiger partial charge is 0.312 e. The van der Waals surface area contributed by atoms with E-state index in [9.17, 15) is 4.79 Å². The van der Waals surface area contributed by atoms with E-state index in [0.29, 0.717) is 13.2 Å². The molecule has 2 amide bonds. The van der Waals surface area contributed by atoms with Crippen LogP contribution in [0.4, 0.5) is 4.79 Å². The van der Waals surface area contributed by atoms with E-state index in [-0.39, 0.29) is 12.0 Å². The molecule has 6 heteroatoms. The largest absolute Gasteiger partial charge is 0.372 e. The number of urea groups is 1. The quantitative estimate of drug-likeness (QED) is 0.767. The lowest BCUT2D eigenvalue weighted by Gasteiger charge is -2.18. The van der Waals surface area contributed by atoms with Crippen molar-refractivity contribution in [1.82, 2.24) is 15.1 Å². The van der Waals surface area contributed by atoms with Crippen molar-refractivity contribution in [2.75, 3.05) is 13.2 Å². The highest BCUT2D eigenvalue weighted by Gasteiger charge is 2.31. The molecule has 2 heterocycles. The van der Waals surface area contributed by atoms with Gasteiger partial charge in [-0.05, 0) is 12.5 Å².